The van der Waals surface area contributed by atoms with Gasteiger partial charge in [-0.3, -0.25) is 14.4 Å². The minimum absolute atomic E-state index is 0.137. The van der Waals surface area contributed by atoms with Gasteiger partial charge in [-0.2, -0.15) is 0 Å². The van der Waals surface area contributed by atoms with E-state index in [0.717, 1.165) is 37.0 Å². The van der Waals surface area contributed by atoms with Crippen molar-refractivity contribution in [3.05, 3.63) is 0 Å². The molecule has 4 aliphatic rings. The molecule has 26 heavy (non-hydrogen) atoms. The summed E-state index contributed by atoms with van der Waals surface area (Å²) in [6.45, 7) is 4.39. The third-order valence-corrected chi connectivity index (χ3v) is 6.39. The maximum absolute atomic E-state index is 12.8. The summed E-state index contributed by atoms with van der Waals surface area (Å²) in [6.07, 6.45) is 7.10. The van der Waals surface area contributed by atoms with Crippen LogP contribution in [0.4, 0.5) is 0 Å². The van der Waals surface area contributed by atoms with Crippen LogP contribution in [0.3, 0.4) is 0 Å². The van der Waals surface area contributed by atoms with Crippen molar-refractivity contribution in [2.75, 3.05) is 13.1 Å². The van der Waals surface area contributed by atoms with Crippen molar-refractivity contribution in [2.45, 2.75) is 71.3 Å². The Morgan fingerprint density at radius 3 is 2.15 bits per heavy atom. The summed E-state index contributed by atoms with van der Waals surface area (Å²) in [5.41, 5.74) is -0.137. The molecule has 0 aromatic heterocycles. The molecule has 4 rings (SSSR count). The van der Waals surface area contributed by atoms with Crippen molar-refractivity contribution < 1.29 is 19.1 Å². The largest absolute Gasteiger partial charge is 0.453 e. The van der Waals surface area contributed by atoms with Crippen LogP contribution in [0, 0.1) is 23.2 Å². The Labute approximate surface area is 155 Å². The van der Waals surface area contributed by atoms with Crippen LogP contribution in [-0.2, 0) is 19.1 Å². The quantitative estimate of drug-likeness (QED) is 0.511. The van der Waals surface area contributed by atoms with E-state index in [1.165, 1.54) is 19.3 Å². The molecule has 0 aromatic rings. The average molecular weight is 364 g/mol. The van der Waals surface area contributed by atoms with Gasteiger partial charge in [0.25, 0.3) is 5.91 Å². The van der Waals surface area contributed by atoms with Crippen LogP contribution in [0.2, 0.25) is 0 Å². The van der Waals surface area contributed by atoms with Gasteiger partial charge in [0.2, 0.25) is 5.91 Å². The number of hydrogen-bond donors (Lipinski definition) is 2. The topological polar surface area (TPSA) is 84.5 Å². The lowest BCUT2D eigenvalue weighted by Crippen LogP contribution is -2.53. The lowest BCUT2D eigenvalue weighted by atomic mass is 9.49. The Kier molecular flexibility index (Phi) is 5.88. The molecule has 0 aliphatic heterocycles. The average Bonchev–Trinajstić information content (AvgIpc) is 2.57. The van der Waals surface area contributed by atoms with Gasteiger partial charge in [0.05, 0.1) is 0 Å². The van der Waals surface area contributed by atoms with Crippen LogP contribution in [-0.4, -0.2) is 37.0 Å². The molecule has 1 atom stereocenters. The highest BCUT2D eigenvalue weighted by molar-refractivity contribution is 5.84. The molecule has 2 amide bonds. The lowest BCUT2D eigenvalue weighted by Gasteiger charge is -2.55. The fraction of sp³-hybridized carbons (Fsp3) is 0.850. The summed E-state index contributed by atoms with van der Waals surface area (Å²) in [4.78, 5) is 36.2. The molecule has 0 radical (unpaired) electrons. The zero-order valence-electron chi connectivity index (χ0n) is 16.0. The fourth-order valence-corrected chi connectivity index (χ4v) is 5.64. The van der Waals surface area contributed by atoms with E-state index in [1.54, 1.807) is 6.92 Å². The third kappa shape index (κ3) is 4.21. The Morgan fingerprint density at radius 1 is 1.04 bits per heavy atom. The highest BCUT2D eigenvalue weighted by Gasteiger charge is 2.54. The number of rotatable bonds is 8. The van der Waals surface area contributed by atoms with Gasteiger partial charge in [0.15, 0.2) is 6.10 Å². The highest BCUT2D eigenvalue weighted by Crippen LogP contribution is 2.60. The van der Waals surface area contributed by atoms with E-state index in [9.17, 15) is 14.4 Å². The second kappa shape index (κ2) is 7.97. The second-order valence-electron chi connectivity index (χ2n) is 8.58. The Morgan fingerprint density at radius 2 is 1.62 bits per heavy atom. The van der Waals surface area contributed by atoms with Crippen molar-refractivity contribution >= 4 is 17.8 Å². The Bertz CT molecular complexity index is 525. The van der Waals surface area contributed by atoms with E-state index < -0.39 is 12.1 Å². The van der Waals surface area contributed by atoms with Crippen molar-refractivity contribution in [3.8, 4) is 0 Å². The predicted molar refractivity (Wildman–Crippen MR) is 97.1 cm³/mol. The number of nitrogens with one attached hydrogen (secondary N) is 2. The molecule has 0 saturated heterocycles. The molecule has 0 heterocycles. The van der Waals surface area contributed by atoms with E-state index in [2.05, 4.69) is 10.6 Å². The molecule has 4 aliphatic carbocycles. The number of ether oxygens (including phenoxy) is 1. The monoisotopic (exact) mass is 364 g/mol. The first-order valence-electron chi connectivity index (χ1n) is 10.2. The van der Waals surface area contributed by atoms with Crippen molar-refractivity contribution in [1.82, 2.24) is 10.6 Å². The van der Waals surface area contributed by atoms with Gasteiger partial charge >= 0.3 is 5.97 Å². The van der Waals surface area contributed by atoms with E-state index in [0.29, 0.717) is 19.5 Å². The van der Waals surface area contributed by atoms with Crippen LogP contribution in [0.5, 0.6) is 0 Å². The molecule has 0 aromatic carbocycles. The fourth-order valence-electron chi connectivity index (χ4n) is 5.64. The van der Waals surface area contributed by atoms with E-state index in [1.807, 2.05) is 6.92 Å². The summed E-state index contributed by atoms with van der Waals surface area (Å²) >= 11 is 0. The summed E-state index contributed by atoms with van der Waals surface area (Å²) in [6, 6.07) is 0. The molecule has 146 valence electrons. The van der Waals surface area contributed by atoms with Gasteiger partial charge in [-0.15, -0.1) is 0 Å². The molecule has 6 nitrogen and oxygen atoms in total. The maximum Gasteiger partial charge on any atom is 0.306 e. The summed E-state index contributed by atoms with van der Waals surface area (Å²) < 4.78 is 5.11. The van der Waals surface area contributed by atoms with Gasteiger partial charge in [0, 0.05) is 24.9 Å². The molecular weight excluding hydrogens is 332 g/mol. The molecule has 4 fully saturated rings. The maximum atomic E-state index is 12.8. The van der Waals surface area contributed by atoms with Gasteiger partial charge in [0.1, 0.15) is 0 Å². The first-order chi connectivity index (χ1) is 12.4. The molecular formula is C20H32N2O4. The van der Waals surface area contributed by atoms with E-state index >= 15 is 0 Å². The first-order valence-corrected chi connectivity index (χ1v) is 10.2. The number of likely N-dealkylation sites (N-methyl/N-ethyl adjacent to an activating group) is 1. The highest BCUT2D eigenvalue weighted by atomic mass is 16.5. The third-order valence-electron chi connectivity index (χ3n) is 6.39. The van der Waals surface area contributed by atoms with Crippen molar-refractivity contribution in [2.24, 2.45) is 23.2 Å². The Balaban J connectivity index is 1.37. The number of esters is 1. The molecule has 2 N–H and O–H groups in total. The predicted octanol–water partition coefficient (Wildman–Crippen LogP) is 2.17. The smallest absolute Gasteiger partial charge is 0.306 e. The van der Waals surface area contributed by atoms with Crippen molar-refractivity contribution in [3.63, 3.8) is 0 Å². The first kappa shape index (κ1) is 19.2. The lowest BCUT2D eigenvalue weighted by molar-refractivity contribution is -0.155. The van der Waals surface area contributed by atoms with Gasteiger partial charge < -0.3 is 15.4 Å². The Hall–Kier alpha value is -1.59. The number of hydrogen-bond acceptors (Lipinski definition) is 4. The van der Waals surface area contributed by atoms with Crippen LogP contribution in [0.1, 0.15) is 65.2 Å². The standard InChI is InChI=1S/C20H32N2O4/c1-3-21-18(24)13(2)26-17(23)5-4-6-22-19(25)20-10-14-7-15(11-20)9-16(8-14)12-20/h13-16H,3-12H2,1-2H3,(H,21,24)(H,22,25)/t13-,14?,15?,16?,20?/m1/s1. The normalized spacial score (nSPS) is 32.8. The van der Waals surface area contributed by atoms with Gasteiger partial charge in [-0.05, 0) is 76.5 Å². The van der Waals surface area contributed by atoms with E-state index in [-0.39, 0.29) is 23.7 Å². The minimum Gasteiger partial charge on any atom is -0.453 e. The molecule has 4 saturated carbocycles. The van der Waals surface area contributed by atoms with Crippen LogP contribution in [0.25, 0.3) is 0 Å². The summed E-state index contributed by atoms with van der Waals surface area (Å²) in [5, 5.41) is 5.69. The second-order valence-corrected chi connectivity index (χ2v) is 8.58. The number of amides is 2. The zero-order valence-corrected chi connectivity index (χ0v) is 16.0. The van der Waals surface area contributed by atoms with E-state index in [4.69, 9.17) is 4.74 Å². The van der Waals surface area contributed by atoms with Crippen LogP contribution >= 0.6 is 0 Å². The van der Waals surface area contributed by atoms with Crippen LogP contribution < -0.4 is 10.6 Å². The minimum atomic E-state index is -0.774. The molecule has 0 unspecified atom stereocenters. The molecule has 0 spiro atoms. The number of carbonyl (C=O) groups is 3. The number of carbonyl (C=O) groups excluding carboxylic acids is 3. The molecule has 6 heteroatoms. The molecule has 4 bridgehead atoms. The van der Waals surface area contributed by atoms with Gasteiger partial charge in [-0.25, -0.2) is 0 Å². The van der Waals surface area contributed by atoms with Gasteiger partial charge in [-0.1, -0.05) is 0 Å². The SMILES string of the molecule is CCNC(=O)[C@@H](C)OC(=O)CCCNC(=O)C12CC3CC(CC(C3)C1)C2. The van der Waals surface area contributed by atoms with Crippen molar-refractivity contribution in [1.29, 1.82) is 0 Å². The van der Waals surface area contributed by atoms with Crippen LogP contribution in [0.15, 0.2) is 0 Å². The summed E-state index contributed by atoms with van der Waals surface area (Å²) in [7, 11) is 0. The zero-order chi connectivity index (χ0) is 18.7. The summed E-state index contributed by atoms with van der Waals surface area (Å²) in [5.74, 6) is 1.76.